The zero-order valence-corrected chi connectivity index (χ0v) is 11.3. The molecule has 0 aliphatic heterocycles. The van der Waals surface area contributed by atoms with Gasteiger partial charge in [-0.15, -0.1) is 0 Å². The second-order valence-corrected chi connectivity index (χ2v) is 10.5. The van der Waals surface area contributed by atoms with Gasteiger partial charge < -0.3 is 0 Å². The molecule has 2 aromatic rings. The highest BCUT2D eigenvalue weighted by Gasteiger charge is 2.45. The summed E-state index contributed by atoms with van der Waals surface area (Å²) in [4.78, 5) is 0. The van der Waals surface area contributed by atoms with Gasteiger partial charge in [0.2, 0.25) is 0 Å². The van der Waals surface area contributed by atoms with Crippen LogP contribution < -0.4 is 15.7 Å². The van der Waals surface area contributed by atoms with E-state index in [1.54, 1.807) is 11.6 Å². The summed E-state index contributed by atoms with van der Waals surface area (Å²) >= 11 is 7.40. The molecule has 1 nitrogen and oxygen atoms in total. The van der Waals surface area contributed by atoms with Gasteiger partial charge in [-0.3, -0.25) is 5.14 Å². The summed E-state index contributed by atoms with van der Waals surface area (Å²) in [5.41, 5.74) is -1.77. The van der Waals surface area contributed by atoms with Crippen LogP contribution in [0.1, 0.15) is 0 Å². The molecule has 0 atom stereocenters. The molecule has 16 heavy (non-hydrogen) atoms. The van der Waals surface area contributed by atoms with E-state index < -0.39 is 5.67 Å². The minimum Gasteiger partial charge on any atom is -0.260 e. The second kappa shape index (κ2) is 5.24. The van der Waals surface area contributed by atoms with Crippen LogP contribution in [0.2, 0.25) is 0 Å². The highest BCUT2D eigenvalue weighted by Crippen LogP contribution is 2.68. The summed E-state index contributed by atoms with van der Waals surface area (Å²) in [7, 11) is 0. The van der Waals surface area contributed by atoms with Crippen LogP contribution in [-0.2, 0) is 0 Å². The number of hydrogen-bond acceptors (Lipinski definition) is 1. The smallest absolute Gasteiger partial charge is 0.260 e. The molecule has 3 N–H and O–H groups in total. The monoisotopic (exact) mass is 266 g/mol. The third-order valence-corrected chi connectivity index (χ3v) is 9.26. The quantitative estimate of drug-likeness (QED) is 0.671. The Hall–Kier alpha value is -0.470. The standard InChI is InChI=1S/C12H12NPS2/c13-16-14(15,11-7-3-1-4-8-11)12-9-5-2-6-10-12/h1-10H,13H2/q+1/p+1. The SMILES string of the molecule is [NH3+]S[P+]([S])(c1ccccc1)c1ccccc1. The Morgan fingerprint density at radius 3 is 1.50 bits per heavy atom. The first-order chi connectivity index (χ1) is 7.77. The van der Waals surface area contributed by atoms with Crippen molar-refractivity contribution in [1.29, 1.82) is 0 Å². The maximum absolute atomic E-state index is 5.85. The average molecular weight is 266 g/mol. The number of quaternary nitrogens is 1. The molecule has 0 fully saturated rings. The van der Waals surface area contributed by atoms with Gasteiger partial charge in [0.1, 0.15) is 10.6 Å². The largest absolute Gasteiger partial charge is 0.274 e. The minimum atomic E-state index is -1.77. The van der Waals surface area contributed by atoms with Crippen LogP contribution in [0.3, 0.4) is 0 Å². The van der Waals surface area contributed by atoms with Gasteiger partial charge in [-0.25, -0.2) is 0 Å². The van der Waals surface area contributed by atoms with E-state index in [9.17, 15) is 0 Å². The molecule has 0 saturated carbocycles. The molecular formula is C12H13NPS2+2. The molecule has 81 valence electrons. The van der Waals surface area contributed by atoms with E-state index in [1.165, 1.54) is 10.6 Å². The fourth-order valence-corrected chi connectivity index (χ4v) is 5.63. The third kappa shape index (κ3) is 2.28. The summed E-state index contributed by atoms with van der Waals surface area (Å²) < 4.78 is 0. The Balaban J connectivity index is 2.49. The predicted octanol–water partition coefficient (Wildman–Crippen LogP) is 2.57. The summed E-state index contributed by atoms with van der Waals surface area (Å²) in [5.74, 6) is 0. The van der Waals surface area contributed by atoms with Crippen molar-refractivity contribution in [3.05, 3.63) is 60.7 Å². The molecule has 0 spiro atoms. The summed E-state index contributed by atoms with van der Waals surface area (Å²) in [6, 6.07) is 20.6. The molecule has 0 saturated heterocycles. The van der Waals surface area contributed by atoms with Gasteiger partial charge >= 0.3 is 0 Å². The summed E-state index contributed by atoms with van der Waals surface area (Å²) in [5, 5.41) is 6.41. The highest BCUT2D eigenvalue weighted by atomic mass is 33.1. The molecule has 0 aliphatic rings. The van der Waals surface area contributed by atoms with Gasteiger partial charge in [0.25, 0.3) is 17.2 Å². The van der Waals surface area contributed by atoms with Crippen molar-refractivity contribution in [2.45, 2.75) is 0 Å². The van der Waals surface area contributed by atoms with Crippen molar-refractivity contribution in [2.75, 3.05) is 0 Å². The zero-order chi connectivity index (χ0) is 11.4. The normalized spacial score (nSPS) is 11.4. The van der Waals surface area contributed by atoms with E-state index in [0.717, 1.165) is 0 Å². The van der Waals surface area contributed by atoms with Gasteiger partial charge in [-0.1, -0.05) is 36.4 Å². The first-order valence-electron chi connectivity index (χ1n) is 4.92. The Morgan fingerprint density at radius 2 is 1.19 bits per heavy atom. The Bertz CT molecular complexity index is 408. The fourth-order valence-electron chi connectivity index (χ4n) is 1.55. The van der Waals surface area contributed by atoms with Crippen LogP contribution >= 0.6 is 29.5 Å². The minimum absolute atomic E-state index is 1.22. The number of benzene rings is 2. The Kier molecular flexibility index (Phi) is 3.93. The van der Waals surface area contributed by atoms with E-state index >= 15 is 0 Å². The summed E-state index contributed by atoms with van der Waals surface area (Å²) in [6.07, 6.45) is 0. The van der Waals surface area contributed by atoms with E-state index in [0.29, 0.717) is 0 Å². The molecule has 2 rings (SSSR count). The van der Waals surface area contributed by atoms with Crippen molar-refractivity contribution in [2.24, 2.45) is 0 Å². The van der Waals surface area contributed by atoms with E-state index in [4.69, 9.17) is 12.2 Å². The first kappa shape index (κ1) is 12.0. The first-order valence-corrected chi connectivity index (χ1v) is 9.32. The van der Waals surface area contributed by atoms with Crippen molar-refractivity contribution in [1.82, 2.24) is 0 Å². The van der Waals surface area contributed by atoms with Gasteiger partial charge in [0.05, 0.1) is 0 Å². The molecule has 0 unspecified atom stereocenters. The lowest BCUT2D eigenvalue weighted by Crippen LogP contribution is -2.39. The maximum atomic E-state index is 5.85. The van der Waals surface area contributed by atoms with Crippen molar-refractivity contribution in [3.63, 3.8) is 0 Å². The van der Waals surface area contributed by atoms with Crippen LogP contribution in [0.4, 0.5) is 0 Å². The third-order valence-electron chi connectivity index (χ3n) is 2.37. The molecule has 0 bridgehead atoms. The van der Waals surface area contributed by atoms with Crippen molar-refractivity contribution in [3.8, 4) is 0 Å². The van der Waals surface area contributed by atoms with Gasteiger partial charge in [-0.05, 0) is 24.3 Å². The lowest BCUT2D eigenvalue weighted by Gasteiger charge is -2.11. The number of hydrogen-bond donors (Lipinski definition) is 1. The maximum Gasteiger partial charge on any atom is 0.274 e. The average Bonchev–Trinajstić information content (AvgIpc) is 2.40. The number of rotatable bonds is 3. The molecule has 0 heterocycles. The lowest BCUT2D eigenvalue weighted by molar-refractivity contribution is -0.132. The molecular weight excluding hydrogens is 253 g/mol. The molecule has 0 aromatic heterocycles. The van der Waals surface area contributed by atoms with Crippen LogP contribution in [0.25, 0.3) is 0 Å². The molecule has 2 aromatic carbocycles. The van der Waals surface area contributed by atoms with Gasteiger partial charge in [0, 0.05) is 0 Å². The predicted molar refractivity (Wildman–Crippen MR) is 77.1 cm³/mol. The van der Waals surface area contributed by atoms with Crippen LogP contribution in [0, 0.1) is 0 Å². The van der Waals surface area contributed by atoms with Crippen LogP contribution in [0.5, 0.6) is 0 Å². The Morgan fingerprint density at radius 1 is 0.812 bits per heavy atom. The molecule has 4 heteroatoms. The summed E-state index contributed by atoms with van der Waals surface area (Å²) in [6.45, 7) is 0. The van der Waals surface area contributed by atoms with Gasteiger partial charge in [0.15, 0.2) is 12.2 Å². The lowest BCUT2D eigenvalue weighted by atomic mass is 10.4. The Labute approximate surface area is 106 Å². The molecule has 0 aliphatic carbocycles. The van der Waals surface area contributed by atoms with Crippen molar-refractivity contribution >= 4 is 40.1 Å². The zero-order valence-electron chi connectivity index (χ0n) is 8.74. The van der Waals surface area contributed by atoms with E-state index in [2.05, 4.69) is 29.4 Å². The second-order valence-electron chi connectivity index (χ2n) is 3.35. The van der Waals surface area contributed by atoms with E-state index in [-0.39, 0.29) is 0 Å². The van der Waals surface area contributed by atoms with Crippen LogP contribution in [-0.4, -0.2) is 0 Å². The fraction of sp³-hybridized carbons (Fsp3) is 0. The molecule has 0 amide bonds. The van der Waals surface area contributed by atoms with Gasteiger partial charge in [-0.2, -0.15) is 0 Å². The highest BCUT2D eigenvalue weighted by molar-refractivity contribution is 8.92. The van der Waals surface area contributed by atoms with Crippen LogP contribution in [0.15, 0.2) is 60.7 Å². The topological polar surface area (TPSA) is 27.6 Å². The molecule has 1 radical (unpaired) electrons. The van der Waals surface area contributed by atoms with E-state index in [1.807, 2.05) is 36.4 Å². The van der Waals surface area contributed by atoms with Crippen molar-refractivity contribution < 1.29 is 5.14 Å².